The van der Waals surface area contributed by atoms with Gasteiger partial charge in [-0.3, -0.25) is 0 Å². The van der Waals surface area contributed by atoms with Crippen LogP contribution in [0.15, 0.2) is 40.9 Å². The molecule has 0 fully saturated rings. The summed E-state index contributed by atoms with van der Waals surface area (Å²) in [5.41, 5.74) is 6.83. The van der Waals surface area contributed by atoms with E-state index >= 15 is 0 Å². The summed E-state index contributed by atoms with van der Waals surface area (Å²) in [6.45, 7) is 0. The number of benzene rings is 2. The van der Waals surface area contributed by atoms with Gasteiger partial charge in [0.15, 0.2) is 11.5 Å². The van der Waals surface area contributed by atoms with E-state index in [0.717, 1.165) is 0 Å². The smallest absolute Gasteiger partial charge is 0.169 e. The van der Waals surface area contributed by atoms with E-state index in [9.17, 15) is 0 Å². The van der Waals surface area contributed by atoms with Gasteiger partial charge in [0, 0.05) is 16.2 Å². The van der Waals surface area contributed by atoms with Gasteiger partial charge in [-0.25, -0.2) is 0 Å². The Balaban J connectivity index is 2.31. The standard InChI is InChI=1S/C14H11BrN2O2/c1-18-14-6-10(17)3-5-13(14)19-11-4-2-9(8-16)12(15)7-11/h2-7H,17H2,1H3. The number of rotatable bonds is 3. The third kappa shape index (κ3) is 2.98. The number of nitrogens with zero attached hydrogens (tertiary/aromatic N) is 1. The number of hydrogen-bond acceptors (Lipinski definition) is 4. The molecule has 0 amide bonds. The summed E-state index contributed by atoms with van der Waals surface area (Å²) >= 11 is 3.31. The summed E-state index contributed by atoms with van der Waals surface area (Å²) in [7, 11) is 1.55. The first-order chi connectivity index (χ1) is 9.13. The molecule has 0 heterocycles. The molecule has 0 unspecified atom stereocenters. The molecule has 0 aromatic heterocycles. The highest BCUT2D eigenvalue weighted by Gasteiger charge is 2.07. The molecule has 2 N–H and O–H groups in total. The van der Waals surface area contributed by atoms with Crippen LogP contribution in [0.5, 0.6) is 17.2 Å². The quantitative estimate of drug-likeness (QED) is 0.876. The number of hydrogen-bond donors (Lipinski definition) is 1. The van der Waals surface area contributed by atoms with Crippen LogP contribution in [0.4, 0.5) is 5.69 Å². The molecule has 0 spiro atoms. The van der Waals surface area contributed by atoms with E-state index in [1.165, 1.54) is 0 Å². The normalized spacial score (nSPS) is 9.74. The van der Waals surface area contributed by atoms with Gasteiger partial charge in [-0.05, 0) is 46.3 Å². The minimum Gasteiger partial charge on any atom is -0.493 e. The first-order valence-corrected chi connectivity index (χ1v) is 6.24. The van der Waals surface area contributed by atoms with Gasteiger partial charge in [0.2, 0.25) is 0 Å². The Morgan fingerprint density at radius 3 is 2.58 bits per heavy atom. The first kappa shape index (κ1) is 13.2. The summed E-state index contributed by atoms with van der Waals surface area (Å²) in [5, 5.41) is 8.86. The molecule has 0 atom stereocenters. The van der Waals surface area contributed by atoms with Gasteiger partial charge < -0.3 is 15.2 Å². The van der Waals surface area contributed by atoms with Crippen LogP contribution in [0.1, 0.15) is 5.56 Å². The van der Waals surface area contributed by atoms with Crippen molar-refractivity contribution in [2.75, 3.05) is 12.8 Å². The van der Waals surface area contributed by atoms with Gasteiger partial charge in [0.05, 0.1) is 12.7 Å². The average Bonchev–Trinajstić information content (AvgIpc) is 2.41. The molecule has 2 aromatic carbocycles. The Morgan fingerprint density at radius 1 is 1.16 bits per heavy atom. The van der Waals surface area contributed by atoms with Crippen molar-refractivity contribution in [3.63, 3.8) is 0 Å². The largest absolute Gasteiger partial charge is 0.493 e. The molecule has 2 rings (SSSR count). The molecular weight excluding hydrogens is 308 g/mol. The molecule has 0 aliphatic carbocycles. The summed E-state index contributed by atoms with van der Waals surface area (Å²) in [6.07, 6.45) is 0. The molecule has 4 nitrogen and oxygen atoms in total. The van der Waals surface area contributed by atoms with Crippen molar-refractivity contribution in [3.8, 4) is 23.3 Å². The van der Waals surface area contributed by atoms with Gasteiger partial charge in [-0.1, -0.05) is 0 Å². The number of halogens is 1. The van der Waals surface area contributed by atoms with Crippen LogP contribution < -0.4 is 15.2 Å². The van der Waals surface area contributed by atoms with Crippen molar-refractivity contribution in [2.45, 2.75) is 0 Å². The zero-order valence-corrected chi connectivity index (χ0v) is 11.8. The van der Waals surface area contributed by atoms with Crippen LogP contribution in [0.3, 0.4) is 0 Å². The minimum absolute atomic E-state index is 0.552. The highest BCUT2D eigenvalue weighted by molar-refractivity contribution is 9.10. The molecule has 0 bridgehead atoms. The van der Waals surface area contributed by atoms with E-state index in [1.54, 1.807) is 43.5 Å². The average molecular weight is 319 g/mol. The third-order valence-electron chi connectivity index (χ3n) is 2.48. The van der Waals surface area contributed by atoms with Crippen molar-refractivity contribution < 1.29 is 9.47 Å². The topological polar surface area (TPSA) is 68.3 Å². The Morgan fingerprint density at radius 2 is 1.95 bits per heavy atom. The van der Waals surface area contributed by atoms with Crippen LogP contribution >= 0.6 is 15.9 Å². The Labute approximate surface area is 119 Å². The molecule has 0 aliphatic heterocycles. The SMILES string of the molecule is COc1cc(N)ccc1Oc1ccc(C#N)c(Br)c1. The summed E-state index contributed by atoms with van der Waals surface area (Å²) < 4.78 is 11.6. The Hall–Kier alpha value is -2.19. The van der Waals surface area contributed by atoms with E-state index in [-0.39, 0.29) is 0 Å². The molecule has 0 saturated heterocycles. The van der Waals surface area contributed by atoms with Gasteiger partial charge in [0.25, 0.3) is 0 Å². The molecular formula is C14H11BrN2O2. The lowest BCUT2D eigenvalue weighted by Gasteiger charge is -2.11. The second-order valence-corrected chi connectivity index (χ2v) is 4.62. The monoisotopic (exact) mass is 318 g/mol. The number of anilines is 1. The van der Waals surface area contributed by atoms with Crippen molar-refractivity contribution in [2.24, 2.45) is 0 Å². The maximum atomic E-state index is 8.86. The fourth-order valence-corrected chi connectivity index (χ4v) is 1.99. The van der Waals surface area contributed by atoms with Gasteiger partial charge in [-0.2, -0.15) is 5.26 Å². The van der Waals surface area contributed by atoms with E-state index in [0.29, 0.717) is 33.0 Å². The summed E-state index contributed by atoms with van der Waals surface area (Å²) in [4.78, 5) is 0. The number of nitrogen functional groups attached to an aromatic ring is 1. The second-order valence-electron chi connectivity index (χ2n) is 3.77. The maximum absolute atomic E-state index is 8.86. The van der Waals surface area contributed by atoms with Gasteiger partial charge in [0.1, 0.15) is 11.8 Å². The van der Waals surface area contributed by atoms with E-state index in [1.807, 2.05) is 0 Å². The predicted molar refractivity (Wildman–Crippen MR) is 76.3 cm³/mol. The van der Waals surface area contributed by atoms with E-state index in [2.05, 4.69) is 22.0 Å². The van der Waals surface area contributed by atoms with Crippen LogP contribution in [0.25, 0.3) is 0 Å². The van der Waals surface area contributed by atoms with Crippen LogP contribution in [0, 0.1) is 11.3 Å². The second kappa shape index (κ2) is 5.63. The van der Waals surface area contributed by atoms with Crippen LogP contribution in [0.2, 0.25) is 0 Å². The molecule has 2 aromatic rings. The molecule has 5 heteroatoms. The van der Waals surface area contributed by atoms with Crippen LogP contribution in [-0.4, -0.2) is 7.11 Å². The highest BCUT2D eigenvalue weighted by atomic mass is 79.9. The first-order valence-electron chi connectivity index (χ1n) is 5.45. The molecule has 0 radical (unpaired) electrons. The van der Waals surface area contributed by atoms with E-state index < -0.39 is 0 Å². The lowest BCUT2D eigenvalue weighted by Crippen LogP contribution is -1.93. The lowest BCUT2D eigenvalue weighted by atomic mass is 10.2. The zero-order valence-electron chi connectivity index (χ0n) is 10.2. The van der Waals surface area contributed by atoms with E-state index in [4.69, 9.17) is 20.5 Å². The summed E-state index contributed by atoms with van der Waals surface area (Å²) in [6, 6.07) is 12.4. The minimum atomic E-state index is 0.552. The highest BCUT2D eigenvalue weighted by Crippen LogP contribution is 2.34. The van der Waals surface area contributed by atoms with Crippen molar-refractivity contribution in [3.05, 3.63) is 46.4 Å². The number of nitrogens with two attached hydrogens (primary N) is 1. The van der Waals surface area contributed by atoms with Crippen molar-refractivity contribution in [1.82, 2.24) is 0 Å². The van der Waals surface area contributed by atoms with Crippen molar-refractivity contribution in [1.29, 1.82) is 5.26 Å². The van der Waals surface area contributed by atoms with Gasteiger partial charge in [-0.15, -0.1) is 0 Å². The lowest BCUT2D eigenvalue weighted by molar-refractivity contribution is 0.379. The number of methoxy groups -OCH3 is 1. The Kier molecular flexibility index (Phi) is 3.93. The summed E-state index contributed by atoms with van der Waals surface area (Å²) in [5.74, 6) is 1.72. The Bertz CT molecular complexity index is 650. The molecule has 19 heavy (non-hydrogen) atoms. The molecule has 96 valence electrons. The number of nitriles is 1. The third-order valence-corrected chi connectivity index (χ3v) is 3.13. The van der Waals surface area contributed by atoms with Crippen molar-refractivity contribution >= 4 is 21.6 Å². The molecule has 0 aliphatic rings. The fraction of sp³-hybridized carbons (Fsp3) is 0.0714. The molecule has 0 saturated carbocycles. The number of ether oxygens (including phenoxy) is 2. The van der Waals surface area contributed by atoms with Crippen LogP contribution in [-0.2, 0) is 0 Å². The van der Waals surface area contributed by atoms with Gasteiger partial charge >= 0.3 is 0 Å². The predicted octanol–water partition coefficient (Wildman–Crippen LogP) is 3.70. The zero-order chi connectivity index (χ0) is 13.8. The fourth-order valence-electron chi connectivity index (χ4n) is 1.55. The maximum Gasteiger partial charge on any atom is 0.169 e.